The molecule has 4 bridgehead atoms. The lowest BCUT2D eigenvalue weighted by atomic mass is 9.49. The molecule has 0 N–H and O–H groups in total. The Morgan fingerprint density at radius 2 is 1.82 bits per heavy atom. The highest BCUT2D eigenvalue weighted by Gasteiger charge is 2.55. The van der Waals surface area contributed by atoms with Gasteiger partial charge in [0.2, 0.25) is 5.91 Å². The van der Waals surface area contributed by atoms with E-state index in [1.54, 1.807) is 0 Å². The molecule has 0 unspecified atom stereocenters. The molecule has 5 rings (SSSR count). The monoisotopic (exact) mass is 301 g/mol. The third kappa shape index (κ3) is 2.19. The lowest BCUT2D eigenvalue weighted by molar-refractivity contribution is -0.156. The first kappa shape index (κ1) is 14.3. The summed E-state index contributed by atoms with van der Waals surface area (Å²) in [6.07, 6.45) is 9.64. The Morgan fingerprint density at radius 1 is 1.27 bits per heavy atom. The van der Waals surface area contributed by atoms with E-state index in [1.807, 2.05) is 36.8 Å². The van der Waals surface area contributed by atoms with Crippen molar-refractivity contribution in [1.29, 1.82) is 0 Å². The van der Waals surface area contributed by atoms with Gasteiger partial charge in [0, 0.05) is 32.4 Å². The van der Waals surface area contributed by atoms with Gasteiger partial charge in [-0.2, -0.15) is 5.10 Å². The van der Waals surface area contributed by atoms with Crippen LogP contribution in [0.15, 0.2) is 6.20 Å². The molecule has 0 saturated heterocycles. The molecule has 0 atom stereocenters. The summed E-state index contributed by atoms with van der Waals surface area (Å²) in [6, 6.07) is 0. The average molecular weight is 301 g/mol. The number of amides is 1. The van der Waals surface area contributed by atoms with Crippen molar-refractivity contribution in [3.63, 3.8) is 0 Å². The van der Waals surface area contributed by atoms with Crippen molar-refractivity contribution < 1.29 is 4.79 Å². The number of hydrogen-bond acceptors (Lipinski definition) is 2. The van der Waals surface area contributed by atoms with Gasteiger partial charge in [-0.1, -0.05) is 0 Å². The van der Waals surface area contributed by atoms with Crippen molar-refractivity contribution in [2.45, 2.75) is 52.0 Å². The summed E-state index contributed by atoms with van der Waals surface area (Å²) in [7, 11) is 3.92. The molecule has 1 amide bonds. The molecule has 4 heteroatoms. The standard InChI is InChI=1S/C18H27N3O/c1-12-16(11-21(3)19-12)10-20(2)17(22)18-7-13-4-14(8-18)6-15(5-13)9-18/h11,13-15H,4-10H2,1-3H3. The van der Waals surface area contributed by atoms with Crippen LogP contribution in [-0.4, -0.2) is 27.6 Å². The predicted molar refractivity (Wildman–Crippen MR) is 85.0 cm³/mol. The largest absolute Gasteiger partial charge is 0.341 e. The Kier molecular flexibility index (Phi) is 3.14. The molecule has 0 spiro atoms. The van der Waals surface area contributed by atoms with Gasteiger partial charge in [-0.25, -0.2) is 0 Å². The highest BCUT2D eigenvalue weighted by atomic mass is 16.2. The van der Waals surface area contributed by atoms with Crippen molar-refractivity contribution in [3.8, 4) is 0 Å². The van der Waals surface area contributed by atoms with Crippen LogP contribution in [0.1, 0.15) is 49.8 Å². The number of aromatic nitrogens is 2. The van der Waals surface area contributed by atoms with E-state index >= 15 is 0 Å². The minimum absolute atomic E-state index is 0.0282. The second-order valence-corrected chi connectivity index (χ2v) is 8.27. The normalized spacial score (nSPS) is 35.9. The van der Waals surface area contributed by atoms with Crippen molar-refractivity contribution in [3.05, 3.63) is 17.5 Å². The summed E-state index contributed by atoms with van der Waals surface area (Å²) in [5, 5.41) is 4.39. The molecule has 0 aromatic carbocycles. The van der Waals surface area contributed by atoms with Crippen LogP contribution in [0, 0.1) is 30.1 Å². The molecule has 1 heterocycles. The van der Waals surface area contributed by atoms with Gasteiger partial charge >= 0.3 is 0 Å². The molecule has 4 saturated carbocycles. The average Bonchev–Trinajstić information content (AvgIpc) is 2.74. The van der Waals surface area contributed by atoms with E-state index < -0.39 is 0 Å². The van der Waals surface area contributed by atoms with E-state index in [9.17, 15) is 4.79 Å². The first-order chi connectivity index (χ1) is 10.4. The Balaban J connectivity index is 1.52. The highest BCUT2D eigenvalue weighted by Crippen LogP contribution is 2.60. The number of rotatable bonds is 3. The highest BCUT2D eigenvalue weighted by molar-refractivity contribution is 5.83. The summed E-state index contributed by atoms with van der Waals surface area (Å²) in [5.74, 6) is 2.87. The quantitative estimate of drug-likeness (QED) is 0.861. The van der Waals surface area contributed by atoms with Crippen LogP contribution in [0.3, 0.4) is 0 Å². The fraction of sp³-hybridized carbons (Fsp3) is 0.778. The Bertz CT molecular complexity index is 568. The van der Waals surface area contributed by atoms with Crippen LogP contribution in [-0.2, 0) is 18.4 Å². The van der Waals surface area contributed by atoms with Gasteiger partial charge < -0.3 is 4.90 Å². The SMILES string of the molecule is Cc1nn(C)cc1CN(C)C(=O)C12CC3CC(CC(C3)C1)C2. The van der Waals surface area contributed by atoms with E-state index in [0.717, 1.165) is 42.7 Å². The van der Waals surface area contributed by atoms with Gasteiger partial charge in [0.1, 0.15) is 0 Å². The summed E-state index contributed by atoms with van der Waals surface area (Å²) < 4.78 is 1.84. The van der Waals surface area contributed by atoms with E-state index in [0.29, 0.717) is 12.5 Å². The zero-order chi connectivity index (χ0) is 15.5. The van der Waals surface area contributed by atoms with Crippen LogP contribution < -0.4 is 0 Å². The zero-order valence-corrected chi connectivity index (χ0v) is 14.0. The third-order valence-corrected chi connectivity index (χ3v) is 6.36. The Labute approximate surface area is 132 Å². The first-order valence-corrected chi connectivity index (χ1v) is 8.70. The van der Waals surface area contributed by atoms with Crippen LogP contribution >= 0.6 is 0 Å². The minimum Gasteiger partial charge on any atom is -0.341 e. The first-order valence-electron chi connectivity index (χ1n) is 8.70. The van der Waals surface area contributed by atoms with E-state index in [-0.39, 0.29) is 5.41 Å². The summed E-state index contributed by atoms with van der Waals surface area (Å²) in [5.41, 5.74) is 2.18. The molecule has 120 valence electrons. The van der Waals surface area contributed by atoms with E-state index in [2.05, 4.69) is 5.10 Å². The smallest absolute Gasteiger partial charge is 0.228 e. The van der Waals surface area contributed by atoms with Crippen LogP contribution in [0.4, 0.5) is 0 Å². The molecule has 0 aliphatic heterocycles. The van der Waals surface area contributed by atoms with Gasteiger partial charge in [-0.3, -0.25) is 9.48 Å². The van der Waals surface area contributed by atoms with Crippen molar-refractivity contribution >= 4 is 5.91 Å². The van der Waals surface area contributed by atoms with Crippen molar-refractivity contribution in [2.75, 3.05) is 7.05 Å². The number of carbonyl (C=O) groups is 1. The number of aryl methyl sites for hydroxylation is 2. The van der Waals surface area contributed by atoms with Crippen LogP contribution in [0.5, 0.6) is 0 Å². The lowest BCUT2D eigenvalue weighted by Crippen LogP contribution is -2.53. The van der Waals surface area contributed by atoms with Gasteiger partial charge in [0.15, 0.2) is 0 Å². The molecule has 4 nitrogen and oxygen atoms in total. The van der Waals surface area contributed by atoms with E-state index in [4.69, 9.17) is 0 Å². The van der Waals surface area contributed by atoms with Crippen molar-refractivity contribution in [1.82, 2.24) is 14.7 Å². The van der Waals surface area contributed by atoms with Crippen molar-refractivity contribution in [2.24, 2.45) is 30.2 Å². The maximum Gasteiger partial charge on any atom is 0.228 e. The van der Waals surface area contributed by atoms with Crippen LogP contribution in [0.2, 0.25) is 0 Å². The Morgan fingerprint density at radius 3 is 2.27 bits per heavy atom. The molecular weight excluding hydrogens is 274 g/mol. The molecule has 22 heavy (non-hydrogen) atoms. The maximum absolute atomic E-state index is 13.2. The summed E-state index contributed by atoms with van der Waals surface area (Å²) in [4.78, 5) is 15.2. The third-order valence-electron chi connectivity index (χ3n) is 6.36. The minimum atomic E-state index is -0.0282. The molecule has 0 radical (unpaired) electrons. The Hall–Kier alpha value is -1.32. The van der Waals surface area contributed by atoms with Crippen LogP contribution in [0.25, 0.3) is 0 Å². The number of hydrogen-bond donors (Lipinski definition) is 0. The molecule has 4 aliphatic carbocycles. The topological polar surface area (TPSA) is 38.1 Å². The number of carbonyl (C=O) groups excluding carboxylic acids is 1. The van der Waals surface area contributed by atoms with Gasteiger partial charge in [-0.05, 0) is 63.2 Å². The second-order valence-electron chi connectivity index (χ2n) is 8.27. The fourth-order valence-corrected chi connectivity index (χ4v) is 5.91. The molecular formula is C18H27N3O. The lowest BCUT2D eigenvalue weighted by Gasteiger charge is -2.56. The second kappa shape index (κ2) is 4.84. The number of nitrogens with zero attached hydrogens (tertiary/aromatic N) is 3. The summed E-state index contributed by atoms with van der Waals surface area (Å²) >= 11 is 0. The zero-order valence-electron chi connectivity index (χ0n) is 14.0. The maximum atomic E-state index is 13.2. The van der Waals surface area contributed by atoms with Gasteiger partial charge in [-0.15, -0.1) is 0 Å². The molecule has 1 aromatic rings. The summed E-state index contributed by atoms with van der Waals surface area (Å²) in [6.45, 7) is 2.72. The molecule has 1 aromatic heterocycles. The predicted octanol–water partition coefficient (Wildman–Crippen LogP) is 2.90. The van der Waals surface area contributed by atoms with Gasteiger partial charge in [0.25, 0.3) is 0 Å². The van der Waals surface area contributed by atoms with Gasteiger partial charge in [0.05, 0.1) is 11.1 Å². The fourth-order valence-electron chi connectivity index (χ4n) is 5.91. The van der Waals surface area contributed by atoms with E-state index in [1.165, 1.54) is 24.8 Å². The molecule has 4 fully saturated rings. The molecule has 4 aliphatic rings.